The van der Waals surface area contributed by atoms with Crippen LogP contribution in [0.4, 0.5) is 4.39 Å². The molecule has 4 heteroatoms. The Kier molecular flexibility index (Phi) is 3.93. The maximum Gasteiger partial charge on any atom is 0.224 e. The van der Waals surface area contributed by atoms with Crippen LogP contribution in [0, 0.1) is 5.82 Å². The Morgan fingerprint density at radius 1 is 1.24 bits per heavy atom. The van der Waals surface area contributed by atoms with Crippen LogP contribution in [0.5, 0.6) is 0 Å². The highest BCUT2D eigenvalue weighted by molar-refractivity contribution is 6.21. The van der Waals surface area contributed by atoms with E-state index in [0.29, 0.717) is 5.56 Å². The van der Waals surface area contributed by atoms with Gasteiger partial charge in [-0.3, -0.25) is 4.79 Å². The summed E-state index contributed by atoms with van der Waals surface area (Å²) >= 11 is 6.34. The van der Waals surface area contributed by atoms with E-state index in [-0.39, 0.29) is 29.6 Å². The summed E-state index contributed by atoms with van der Waals surface area (Å²) in [5, 5.41) is 2.82. The van der Waals surface area contributed by atoms with Gasteiger partial charge in [0.15, 0.2) is 0 Å². The van der Waals surface area contributed by atoms with E-state index in [2.05, 4.69) is 5.32 Å². The van der Waals surface area contributed by atoms with E-state index < -0.39 is 0 Å². The molecule has 2 aromatic rings. The molecule has 1 N–H and O–H groups in total. The maximum atomic E-state index is 13.1. The van der Waals surface area contributed by atoms with Crippen molar-refractivity contribution < 1.29 is 9.18 Å². The van der Waals surface area contributed by atoms with Crippen LogP contribution in [0.3, 0.4) is 0 Å². The second-order valence-electron chi connectivity index (χ2n) is 5.27. The van der Waals surface area contributed by atoms with Gasteiger partial charge in [0.1, 0.15) is 5.82 Å². The fourth-order valence-corrected chi connectivity index (χ4v) is 3.14. The monoisotopic (exact) mass is 303 g/mol. The molecule has 0 bridgehead atoms. The minimum Gasteiger partial charge on any atom is -0.347 e. The molecule has 3 rings (SSSR count). The first-order chi connectivity index (χ1) is 10.1. The van der Waals surface area contributed by atoms with Crippen LogP contribution in [0.1, 0.15) is 22.7 Å². The third-order valence-corrected chi connectivity index (χ3v) is 4.14. The number of benzene rings is 2. The molecular formula is C17H15ClFNO. The van der Waals surface area contributed by atoms with Crippen molar-refractivity contribution in [2.24, 2.45) is 0 Å². The zero-order valence-electron chi connectivity index (χ0n) is 11.4. The number of carbonyl (C=O) groups is 1. The van der Waals surface area contributed by atoms with Gasteiger partial charge < -0.3 is 5.32 Å². The number of fused-ring (bicyclic) bond motifs is 1. The number of alkyl halides is 1. The highest BCUT2D eigenvalue weighted by Gasteiger charge is 2.31. The van der Waals surface area contributed by atoms with Crippen molar-refractivity contribution in [2.75, 3.05) is 0 Å². The SMILES string of the molecule is O=C(Cc1cccc(F)c1)NC1c2ccccc2CC1Cl. The molecule has 2 unspecified atom stereocenters. The number of rotatable bonds is 3. The summed E-state index contributed by atoms with van der Waals surface area (Å²) in [4.78, 5) is 12.1. The molecule has 0 heterocycles. The van der Waals surface area contributed by atoms with E-state index in [1.807, 2.05) is 24.3 Å². The summed E-state index contributed by atoms with van der Waals surface area (Å²) in [6.07, 6.45) is 0.905. The van der Waals surface area contributed by atoms with Gasteiger partial charge in [0.05, 0.1) is 17.8 Å². The lowest BCUT2D eigenvalue weighted by molar-refractivity contribution is -0.121. The van der Waals surface area contributed by atoms with Crippen molar-refractivity contribution >= 4 is 17.5 Å². The highest BCUT2D eigenvalue weighted by atomic mass is 35.5. The summed E-state index contributed by atoms with van der Waals surface area (Å²) in [6, 6.07) is 13.8. The van der Waals surface area contributed by atoms with Gasteiger partial charge in [0.25, 0.3) is 0 Å². The highest BCUT2D eigenvalue weighted by Crippen LogP contribution is 2.34. The molecule has 0 saturated heterocycles. The molecule has 0 radical (unpaired) electrons. The minimum absolute atomic E-state index is 0.140. The topological polar surface area (TPSA) is 29.1 Å². The quantitative estimate of drug-likeness (QED) is 0.865. The Bertz CT molecular complexity index is 673. The molecule has 21 heavy (non-hydrogen) atoms. The molecule has 0 saturated carbocycles. The molecule has 2 atom stereocenters. The molecule has 1 aliphatic carbocycles. The first-order valence-electron chi connectivity index (χ1n) is 6.89. The molecule has 0 fully saturated rings. The van der Waals surface area contributed by atoms with Gasteiger partial charge in [0.2, 0.25) is 5.91 Å². The normalized spacial score (nSPS) is 20.1. The lowest BCUT2D eigenvalue weighted by Gasteiger charge is -2.17. The third kappa shape index (κ3) is 3.08. The zero-order chi connectivity index (χ0) is 14.8. The van der Waals surface area contributed by atoms with Gasteiger partial charge in [-0.25, -0.2) is 4.39 Å². The van der Waals surface area contributed by atoms with Gasteiger partial charge >= 0.3 is 0 Å². The molecule has 108 valence electrons. The van der Waals surface area contributed by atoms with Crippen LogP contribution in [0.2, 0.25) is 0 Å². The van der Waals surface area contributed by atoms with Crippen LogP contribution in [-0.4, -0.2) is 11.3 Å². The Morgan fingerprint density at radius 2 is 2.05 bits per heavy atom. The third-order valence-electron chi connectivity index (χ3n) is 3.74. The second kappa shape index (κ2) is 5.86. The Morgan fingerprint density at radius 3 is 2.86 bits per heavy atom. The minimum atomic E-state index is -0.332. The van der Waals surface area contributed by atoms with Crippen LogP contribution in [0.25, 0.3) is 0 Å². The van der Waals surface area contributed by atoms with Crippen molar-refractivity contribution in [1.29, 1.82) is 0 Å². The predicted molar refractivity (Wildman–Crippen MR) is 80.8 cm³/mol. The molecule has 0 aliphatic heterocycles. The van der Waals surface area contributed by atoms with E-state index in [9.17, 15) is 9.18 Å². The lowest BCUT2D eigenvalue weighted by Crippen LogP contribution is -2.32. The number of hydrogen-bond acceptors (Lipinski definition) is 1. The zero-order valence-corrected chi connectivity index (χ0v) is 12.1. The Balaban J connectivity index is 1.70. The van der Waals surface area contributed by atoms with Crippen molar-refractivity contribution in [3.63, 3.8) is 0 Å². The van der Waals surface area contributed by atoms with Gasteiger partial charge in [-0.2, -0.15) is 0 Å². The fourth-order valence-electron chi connectivity index (χ4n) is 2.77. The van der Waals surface area contributed by atoms with Crippen LogP contribution < -0.4 is 5.32 Å². The van der Waals surface area contributed by atoms with Gasteiger partial charge in [-0.05, 0) is 35.2 Å². The van der Waals surface area contributed by atoms with Crippen molar-refractivity contribution in [1.82, 2.24) is 5.32 Å². The van der Waals surface area contributed by atoms with Crippen molar-refractivity contribution in [3.05, 3.63) is 71.0 Å². The van der Waals surface area contributed by atoms with Gasteiger partial charge in [-0.1, -0.05) is 36.4 Å². The Hall–Kier alpha value is -1.87. The van der Waals surface area contributed by atoms with Crippen LogP contribution >= 0.6 is 11.6 Å². The van der Waals surface area contributed by atoms with Crippen LogP contribution in [-0.2, 0) is 17.6 Å². The molecule has 1 amide bonds. The van der Waals surface area contributed by atoms with E-state index in [0.717, 1.165) is 12.0 Å². The largest absolute Gasteiger partial charge is 0.347 e. The average molecular weight is 304 g/mol. The lowest BCUT2D eigenvalue weighted by atomic mass is 10.1. The number of amides is 1. The molecule has 0 spiro atoms. The van der Waals surface area contributed by atoms with E-state index >= 15 is 0 Å². The van der Waals surface area contributed by atoms with Gasteiger partial charge in [-0.15, -0.1) is 11.6 Å². The van der Waals surface area contributed by atoms with Gasteiger partial charge in [0, 0.05) is 0 Å². The fraction of sp³-hybridized carbons (Fsp3) is 0.235. The summed E-state index contributed by atoms with van der Waals surface area (Å²) < 4.78 is 13.1. The van der Waals surface area contributed by atoms with E-state index in [4.69, 9.17) is 11.6 Å². The summed E-state index contributed by atoms with van der Waals surface area (Å²) in [5.41, 5.74) is 2.91. The predicted octanol–water partition coefficient (Wildman–Crippen LogP) is 3.39. The van der Waals surface area contributed by atoms with Crippen molar-refractivity contribution in [3.8, 4) is 0 Å². The van der Waals surface area contributed by atoms with Crippen LogP contribution in [0.15, 0.2) is 48.5 Å². The smallest absolute Gasteiger partial charge is 0.224 e. The molecule has 0 aromatic heterocycles. The molecule has 2 aromatic carbocycles. The summed E-state index contributed by atoms with van der Waals surface area (Å²) in [5.74, 6) is -0.477. The number of nitrogens with one attached hydrogen (secondary N) is 1. The maximum absolute atomic E-state index is 13.1. The first-order valence-corrected chi connectivity index (χ1v) is 7.33. The van der Waals surface area contributed by atoms with E-state index in [1.165, 1.54) is 17.7 Å². The summed E-state index contributed by atoms with van der Waals surface area (Å²) in [6.45, 7) is 0. The number of carbonyl (C=O) groups excluding carboxylic acids is 1. The first kappa shape index (κ1) is 14.1. The molecular weight excluding hydrogens is 289 g/mol. The molecule has 1 aliphatic rings. The molecule has 2 nitrogen and oxygen atoms in total. The standard InChI is InChI=1S/C17H15ClFNO/c18-15-10-12-5-1-2-7-14(12)17(15)20-16(21)9-11-4-3-6-13(19)8-11/h1-8,15,17H,9-10H2,(H,20,21). The number of hydrogen-bond donors (Lipinski definition) is 1. The van der Waals surface area contributed by atoms with Crippen molar-refractivity contribution in [2.45, 2.75) is 24.3 Å². The van der Waals surface area contributed by atoms with E-state index in [1.54, 1.807) is 12.1 Å². The average Bonchev–Trinajstić information content (AvgIpc) is 2.75. The second-order valence-corrected chi connectivity index (χ2v) is 5.83. The number of halogens is 2. The Labute approximate surface area is 127 Å². The summed E-state index contributed by atoms with van der Waals surface area (Å²) in [7, 11) is 0.